The lowest BCUT2D eigenvalue weighted by Crippen LogP contribution is -2.44. The van der Waals surface area contributed by atoms with E-state index in [0.29, 0.717) is 122 Å². The molecule has 0 fully saturated rings. The third kappa shape index (κ3) is 28.5. The van der Waals surface area contributed by atoms with Crippen LogP contribution in [0.4, 0.5) is 0 Å². The molecule has 0 heterocycles. The summed E-state index contributed by atoms with van der Waals surface area (Å²) in [6, 6.07) is 3.68. The third-order valence-corrected chi connectivity index (χ3v) is 19.4. The van der Waals surface area contributed by atoms with Crippen molar-refractivity contribution in [3.05, 3.63) is 34.4 Å². The van der Waals surface area contributed by atoms with Crippen LogP contribution in [0.15, 0.2) is 12.1 Å². The van der Waals surface area contributed by atoms with E-state index < -0.39 is 0 Å². The number of nitrogens with zero attached hydrogens (tertiary/aromatic N) is 4. The molecule has 0 spiro atoms. The van der Waals surface area contributed by atoms with Crippen molar-refractivity contribution in [2.75, 3.05) is 52.4 Å². The first-order chi connectivity index (χ1) is 39.7. The average Bonchev–Trinajstić information content (AvgIpc) is 3.69. The minimum absolute atomic E-state index is 0.152. The van der Waals surface area contributed by atoms with Crippen molar-refractivity contribution in [2.24, 2.45) is 47.3 Å². The lowest BCUT2D eigenvalue weighted by Gasteiger charge is -2.35. The summed E-state index contributed by atoms with van der Waals surface area (Å²) in [6.45, 7) is 41.0. The summed E-state index contributed by atoms with van der Waals surface area (Å²) < 4.78 is 0. The average molecular weight is 1150 g/mol. The number of hydrogen-bond donors (Lipinski definition) is 0. The van der Waals surface area contributed by atoms with Crippen LogP contribution in [-0.4, -0.2) is 95.6 Å². The molecule has 0 radical (unpaired) electrons. The highest BCUT2D eigenvalue weighted by atomic mass is 16.2. The molecule has 8 nitrogen and oxygen atoms in total. The Hall–Kier alpha value is -2.90. The fourth-order valence-corrected chi connectivity index (χ4v) is 12.8. The summed E-state index contributed by atoms with van der Waals surface area (Å²) in [5, 5.41) is 0. The summed E-state index contributed by atoms with van der Waals surface area (Å²) in [5.74, 6) is 1.86. The Kier molecular flexibility index (Phi) is 44.5. The van der Waals surface area contributed by atoms with Crippen molar-refractivity contribution < 1.29 is 19.2 Å². The van der Waals surface area contributed by atoms with Gasteiger partial charge in [0, 0.05) is 52.4 Å². The molecule has 1 rings (SSSR count). The Bertz CT molecular complexity index is 1480. The Morgan fingerprint density at radius 3 is 0.463 bits per heavy atom. The lowest BCUT2D eigenvalue weighted by atomic mass is 9.90. The number of rotatable bonds is 52. The second kappa shape index (κ2) is 47.3. The van der Waals surface area contributed by atoms with Crippen LogP contribution in [-0.2, 0) is 0 Å². The van der Waals surface area contributed by atoms with Gasteiger partial charge in [0.1, 0.15) is 0 Å². The highest BCUT2D eigenvalue weighted by molar-refractivity contribution is 6.14. The molecule has 0 saturated carbocycles. The molecule has 0 aliphatic rings. The number of unbranched alkanes of at least 4 members (excludes halogenated alkanes) is 8. The Balaban J connectivity index is 5.08. The van der Waals surface area contributed by atoms with Crippen molar-refractivity contribution >= 4 is 23.6 Å². The van der Waals surface area contributed by atoms with Crippen molar-refractivity contribution in [3.8, 4) is 0 Å². The molecule has 478 valence electrons. The van der Waals surface area contributed by atoms with E-state index in [1.165, 1.54) is 0 Å². The Labute approximate surface area is 510 Å². The molecule has 0 bridgehead atoms. The van der Waals surface area contributed by atoms with Gasteiger partial charge >= 0.3 is 0 Å². The van der Waals surface area contributed by atoms with Crippen molar-refractivity contribution in [1.29, 1.82) is 0 Å². The van der Waals surface area contributed by atoms with Gasteiger partial charge in [0.15, 0.2) is 0 Å². The monoisotopic (exact) mass is 1150 g/mol. The van der Waals surface area contributed by atoms with E-state index in [0.717, 1.165) is 205 Å². The summed E-state index contributed by atoms with van der Waals surface area (Å²) >= 11 is 0. The second-order valence-electron chi connectivity index (χ2n) is 26.1. The van der Waals surface area contributed by atoms with Gasteiger partial charge in [-0.3, -0.25) is 19.2 Å². The Morgan fingerprint density at radius 2 is 0.366 bits per heavy atom. The molecule has 1 aromatic carbocycles. The standard InChI is InChI=1S/C74H138N4O4/c1-17-33-41-59(25-9)51-75(52-60(26-10)42-34-18-2)71(79)67-49-69(73(81)77(55-63(29-13)45-37-21-5)56-64(30-14)46-38-22-6)70(74(82)78(57-65(31-15)47-39-23-7)58-66(32-16)48-40-24-8)50-68(67)72(80)76(53-61(27-11)43-35-19-3)54-62(28-12)44-36-20-4/h49-50,59-66H,17-48,51-58H2,1-16H3. The third-order valence-electron chi connectivity index (χ3n) is 19.4. The predicted molar refractivity (Wildman–Crippen MR) is 357 cm³/mol. The SMILES string of the molecule is CCCCC(CC)CN(CC(CC)CCCC)C(=O)c1cc(C(=O)N(CC(CC)CCCC)CC(CC)CCCC)c(C(=O)N(CC(CC)CCCC)CC(CC)CCCC)cc1C(=O)N(CC(CC)CCCC)CC(CC)CCCC. The zero-order valence-electron chi connectivity index (χ0n) is 57.5. The first-order valence-corrected chi connectivity index (χ1v) is 36.0. The van der Waals surface area contributed by atoms with Gasteiger partial charge in [-0.1, -0.05) is 265 Å². The van der Waals surface area contributed by atoms with Crippen LogP contribution in [0.25, 0.3) is 0 Å². The number of carbonyl (C=O) groups excluding carboxylic acids is 4. The quantitative estimate of drug-likeness (QED) is 0.0651. The fourth-order valence-electron chi connectivity index (χ4n) is 12.8. The van der Waals surface area contributed by atoms with E-state index in [-0.39, 0.29) is 23.6 Å². The molecule has 4 amide bonds. The molecular formula is C74H138N4O4. The minimum Gasteiger partial charge on any atom is -0.338 e. The topological polar surface area (TPSA) is 81.2 Å². The number of carbonyl (C=O) groups is 4. The van der Waals surface area contributed by atoms with Crippen molar-refractivity contribution in [3.63, 3.8) is 0 Å². The maximum atomic E-state index is 16.5. The maximum absolute atomic E-state index is 16.5. The number of benzene rings is 1. The molecule has 0 aliphatic heterocycles. The maximum Gasteiger partial charge on any atom is 0.254 e. The van der Waals surface area contributed by atoms with Crippen LogP contribution >= 0.6 is 0 Å². The van der Waals surface area contributed by atoms with E-state index in [1.807, 2.05) is 12.1 Å². The number of amides is 4. The molecule has 1 aromatic rings. The Morgan fingerprint density at radius 1 is 0.244 bits per heavy atom. The van der Waals surface area contributed by atoms with E-state index in [9.17, 15) is 0 Å². The summed E-state index contributed by atoms with van der Waals surface area (Å²) in [7, 11) is 0. The van der Waals surface area contributed by atoms with Crippen LogP contribution in [0.5, 0.6) is 0 Å². The molecule has 0 saturated heterocycles. The van der Waals surface area contributed by atoms with Crippen molar-refractivity contribution in [1.82, 2.24) is 19.6 Å². The molecular weight excluding hydrogens is 1010 g/mol. The highest BCUT2D eigenvalue weighted by Gasteiger charge is 2.36. The molecule has 8 heteroatoms. The minimum atomic E-state index is -0.152. The summed E-state index contributed by atoms with van der Waals surface area (Å²) in [5.41, 5.74) is 1.28. The van der Waals surface area contributed by atoms with E-state index in [2.05, 4.69) is 130 Å². The van der Waals surface area contributed by atoms with Crippen LogP contribution in [0.2, 0.25) is 0 Å². The molecule has 0 N–H and O–H groups in total. The molecule has 8 atom stereocenters. The van der Waals surface area contributed by atoms with E-state index in [1.54, 1.807) is 0 Å². The first-order valence-electron chi connectivity index (χ1n) is 36.0. The lowest BCUT2D eigenvalue weighted by molar-refractivity contribution is 0.0632. The molecule has 0 aliphatic carbocycles. The van der Waals surface area contributed by atoms with Crippen LogP contribution in [0.3, 0.4) is 0 Å². The number of hydrogen-bond acceptors (Lipinski definition) is 4. The fraction of sp³-hybridized carbons (Fsp3) is 0.865. The van der Waals surface area contributed by atoms with E-state index >= 15 is 19.2 Å². The van der Waals surface area contributed by atoms with Gasteiger partial charge in [-0.15, -0.1) is 0 Å². The van der Waals surface area contributed by atoms with Gasteiger partial charge in [-0.05, 0) is 111 Å². The van der Waals surface area contributed by atoms with Crippen LogP contribution in [0.1, 0.15) is 358 Å². The zero-order valence-corrected chi connectivity index (χ0v) is 57.5. The van der Waals surface area contributed by atoms with Gasteiger partial charge in [0.2, 0.25) is 0 Å². The van der Waals surface area contributed by atoms with Gasteiger partial charge in [-0.25, -0.2) is 0 Å². The van der Waals surface area contributed by atoms with E-state index in [4.69, 9.17) is 0 Å². The molecule has 0 aromatic heterocycles. The summed E-state index contributed by atoms with van der Waals surface area (Å²) in [4.78, 5) is 74.6. The zero-order chi connectivity index (χ0) is 61.2. The summed E-state index contributed by atoms with van der Waals surface area (Å²) in [6.07, 6.45) is 33.6. The van der Waals surface area contributed by atoms with Crippen LogP contribution < -0.4 is 0 Å². The highest BCUT2D eigenvalue weighted by Crippen LogP contribution is 2.32. The van der Waals surface area contributed by atoms with Gasteiger partial charge in [0.25, 0.3) is 23.6 Å². The smallest absolute Gasteiger partial charge is 0.254 e. The molecule has 8 unspecified atom stereocenters. The first kappa shape index (κ1) is 77.1. The van der Waals surface area contributed by atoms with Crippen molar-refractivity contribution in [2.45, 2.75) is 316 Å². The largest absolute Gasteiger partial charge is 0.338 e. The van der Waals surface area contributed by atoms with Gasteiger partial charge < -0.3 is 19.6 Å². The van der Waals surface area contributed by atoms with Gasteiger partial charge in [-0.2, -0.15) is 0 Å². The van der Waals surface area contributed by atoms with Gasteiger partial charge in [0.05, 0.1) is 22.3 Å². The molecule has 82 heavy (non-hydrogen) atoms. The van der Waals surface area contributed by atoms with Crippen LogP contribution in [0, 0.1) is 47.3 Å². The predicted octanol–water partition coefficient (Wildman–Crippen LogP) is 21.2. The second-order valence-corrected chi connectivity index (χ2v) is 26.1. The normalized spacial score (nSPS) is 14.6.